The van der Waals surface area contributed by atoms with E-state index in [0.29, 0.717) is 6.92 Å². The molecule has 4 nitrogen and oxygen atoms in total. The maximum absolute atomic E-state index is 12.7. The SMILES string of the molecule is COP(=O)(OC)C(F)(F)C(C)=O. The molecule has 0 atom stereocenters. The minimum Gasteiger partial charge on any atom is -0.307 e. The Kier molecular flexibility index (Phi) is 3.50. The quantitative estimate of drug-likeness (QED) is 0.650. The van der Waals surface area contributed by atoms with Gasteiger partial charge in [0.1, 0.15) is 0 Å². The first-order valence-corrected chi connectivity index (χ1v) is 4.46. The van der Waals surface area contributed by atoms with Gasteiger partial charge < -0.3 is 9.05 Å². The summed E-state index contributed by atoms with van der Waals surface area (Å²) in [4.78, 5) is 10.3. The van der Waals surface area contributed by atoms with Gasteiger partial charge in [-0.25, -0.2) is 0 Å². The van der Waals surface area contributed by atoms with Gasteiger partial charge in [-0.05, 0) is 0 Å². The highest BCUT2D eigenvalue weighted by atomic mass is 31.2. The van der Waals surface area contributed by atoms with Crippen LogP contribution in [0.2, 0.25) is 0 Å². The first-order valence-electron chi connectivity index (χ1n) is 2.92. The second-order valence-electron chi connectivity index (χ2n) is 1.96. The molecule has 0 spiro atoms. The van der Waals surface area contributed by atoms with Crippen LogP contribution < -0.4 is 0 Å². The molecule has 0 amide bonds. The molecule has 0 unspecified atom stereocenters. The van der Waals surface area contributed by atoms with Crippen LogP contribution in [-0.4, -0.2) is 25.7 Å². The van der Waals surface area contributed by atoms with E-state index in [0.717, 1.165) is 14.2 Å². The van der Waals surface area contributed by atoms with Crippen LogP contribution in [0.4, 0.5) is 8.78 Å². The Bertz CT molecular complexity index is 219. The zero-order chi connectivity index (χ0) is 9.99. The monoisotopic (exact) mass is 202 g/mol. The third-order valence-electron chi connectivity index (χ3n) is 1.25. The summed E-state index contributed by atoms with van der Waals surface area (Å²) >= 11 is 0. The fourth-order valence-corrected chi connectivity index (χ4v) is 1.49. The molecule has 0 N–H and O–H groups in total. The molecule has 0 aromatic carbocycles. The summed E-state index contributed by atoms with van der Waals surface area (Å²) < 4.78 is 44.4. The van der Waals surface area contributed by atoms with E-state index in [1.165, 1.54) is 0 Å². The first kappa shape index (κ1) is 11.7. The lowest BCUT2D eigenvalue weighted by Gasteiger charge is -2.20. The summed E-state index contributed by atoms with van der Waals surface area (Å²) in [7, 11) is -3.04. The molecular formula is C5H9F2O4P. The molecule has 0 aromatic rings. The van der Waals surface area contributed by atoms with E-state index in [9.17, 15) is 18.1 Å². The van der Waals surface area contributed by atoms with E-state index in [1.807, 2.05) is 0 Å². The van der Waals surface area contributed by atoms with Crippen molar-refractivity contribution in [3.05, 3.63) is 0 Å². The molecule has 0 aliphatic carbocycles. The van der Waals surface area contributed by atoms with E-state index in [4.69, 9.17) is 0 Å². The Morgan fingerprint density at radius 3 is 1.75 bits per heavy atom. The van der Waals surface area contributed by atoms with Crippen molar-refractivity contribution in [2.75, 3.05) is 14.2 Å². The molecule has 0 aromatic heterocycles. The predicted octanol–water partition coefficient (Wildman–Crippen LogP) is 1.65. The molecule has 0 rings (SSSR count). The molecule has 0 fully saturated rings. The van der Waals surface area contributed by atoms with Crippen LogP contribution in [0.3, 0.4) is 0 Å². The molecule has 0 aliphatic heterocycles. The lowest BCUT2D eigenvalue weighted by Crippen LogP contribution is -2.27. The van der Waals surface area contributed by atoms with E-state index in [1.54, 1.807) is 0 Å². The first-order chi connectivity index (χ1) is 5.31. The van der Waals surface area contributed by atoms with Gasteiger partial charge in [0, 0.05) is 21.1 Å². The smallest absolute Gasteiger partial charge is 0.307 e. The maximum Gasteiger partial charge on any atom is 0.407 e. The molecule has 12 heavy (non-hydrogen) atoms. The number of rotatable bonds is 4. The molecule has 0 saturated heterocycles. The van der Waals surface area contributed by atoms with Gasteiger partial charge in [0.25, 0.3) is 0 Å². The number of alkyl halides is 2. The molecule has 72 valence electrons. The molecule has 0 bridgehead atoms. The number of Topliss-reactive ketones (excluding diaryl/α,β-unsaturated/α-hetero) is 1. The Labute approximate surface area is 68.4 Å². The van der Waals surface area contributed by atoms with Crippen molar-refractivity contribution in [1.82, 2.24) is 0 Å². The van der Waals surface area contributed by atoms with Crippen LogP contribution in [0, 0.1) is 0 Å². The van der Waals surface area contributed by atoms with Crippen LogP contribution in [0.25, 0.3) is 0 Å². The van der Waals surface area contributed by atoms with Crippen molar-refractivity contribution in [3.8, 4) is 0 Å². The summed E-state index contributed by atoms with van der Waals surface area (Å²) in [5.74, 6) is -1.55. The summed E-state index contributed by atoms with van der Waals surface area (Å²) in [6, 6.07) is 0. The fraction of sp³-hybridized carbons (Fsp3) is 0.800. The van der Waals surface area contributed by atoms with E-state index < -0.39 is 19.0 Å². The minimum atomic E-state index is -4.62. The van der Waals surface area contributed by atoms with Crippen LogP contribution in [0.1, 0.15) is 6.92 Å². The number of carbonyl (C=O) groups is 1. The van der Waals surface area contributed by atoms with Gasteiger partial charge >= 0.3 is 13.3 Å². The van der Waals surface area contributed by atoms with Crippen molar-refractivity contribution in [1.29, 1.82) is 0 Å². The van der Waals surface area contributed by atoms with Crippen LogP contribution >= 0.6 is 7.60 Å². The van der Waals surface area contributed by atoms with Crippen molar-refractivity contribution in [2.45, 2.75) is 12.6 Å². The van der Waals surface area contributed by atoms with Gasteiger partial charge in [-0.1, -0.05) is 0 Å². The Morgan fingerprint density at radius 2 is 1.67 bits per heavy atom. The van der Waals surface area contributed by atoms with Crippen molar-refractivity contribution in [3.63, 3.8) is 0 Å². The zero-order valence-corrected chi connectivity index (χ0v) is 7.73. The molecule has 7 heteroatoms. The maximum atomic E-state index is 12.7. The third-order valence-corrected chi connectivity index (χ3v) is 3.21. The van der Waals surface area contributed by atoms with Gasteiger partial charge in [0.05, 0.1) is 0 Å². The van der Waals surface area contributed by atoms with Gasteiger partial charge in [-0.2, -0.15) is 8.78 Å². The second kappa shape index (κ2) is 3.60. The van der Waals surface area contributed by atoms with Gasteiger partial charge in [0.15, 0.2) is 0 Å². The van der Waals surface area contributed by atoms with Crippen LogP contribution in [0.15, 0.2) is 0 Å². The second-order valence-corrected chi connectivity index (χ2v) is 4.25. The zero-order valence-electron chi connectivity index (χ0n) is 6.84. The summed E-state index contributed by atoms with van der Waals surface area (Å²) in [6.07, 6.45) is 0. The number of carbonyl (C=O) groups excluding carboxylic acids is 1. The Hall–Kier alpha value is -0.320. The van der Waals surface area contributed by atoms with Gasteiger partial charge in [-0.15, -0.1) is 0 Å². The van der Waals surface area contributed by atoms with Crippen molar-refractivity contribution in [2.24, 2.45) is 0 Å². The largest absolute Gasteiger partial charge is 0.407 e. The van der Waals surface area contributed by atoms with Crippen LogP contribution in [-0.2, 0) is 18.4 Å². The number of ketones is 1. The normalized spacial score (nSPS) is 13.1. The van der Waals surface area contributed by atoms with Crippen molar-refractivity contribution < 1.29 is 27.2 Å². The van der Waals surface area contributed by atoms with Crippen molar-refractivity contribution >= 4 is 13.4 Å². The topological polar surface area (TPSA) is 52.6 Å². The lowest BCUT2D eigenvalue weighted by atomic mass is 10.5. The van der Waals surface area contributed by atoms with Gasteiger partial charge in [0.2, 0.25) is 5.78 Å². The molecule has 0 saturated carbocycles. The Balaban J connectivity index is 4.98. The highest BCUT2D eigenvalue weighted by Gasteiger charge is 2.56. The van der Waals surface area contributed by atoms with Crippen LogP contribution in [0.5, 0.6) is 0 Å². The number of hydrogen-bond acceptors (Lipinski definition) is 4. The van der Waals surface area contributed by atoms with E-state index in [-0.39, 0.29) is 0 Å². The summed E-state index contributed by atoms with van der Waals surface area (Å²) in [5, 5.41) is 0. The molecule has 0 radical (unpaired) electrons. The average molecular weight is 202 g/mol. The fourth-order valence-electron chi connectivity index (χ4n) is 0.497. The minimum absolute atomic E-state index is 0.616. The van der Waals surface area contributed by atoms with E-state index >= 15 is 0 Å². The standard InChI is InChI=1S/C5H9F2O4P/c1-4(8)5(6,7)12(9,10-2)11-3/h1-3H3. The third kappa shape index (κ3) is 1.71. The number of halogens is 2. The Morgan fingerprint density at radius 1 is 1.33 bits per heavy atom. The van der Waals surface area contributed by atoms with E-state index in [2.05, 4.69) is 9.05 Å². The highest BCUT2D eigenvalue weighted by Crippen LogP contribution is 2.60. The molecular weight excluding hydrogens is 193 g/mol. The number of hydrogen-bond donors (Lipinski definition) is 0. The molecule has 0 heterocycles. The van der Waals surface area contributed by atoms with Gasteiger partial charge in [-0.3, -0.25) is 9.36 Å². The summed E-state index contributed by atoms with van der Waals surface area (Å²) in [6.45, 7) is 0.616. The predicted molar refractivity (Wildman–Crippen MR) is 37.3 cm³/mol. The average Bonchev–Trinajstić information content (AvgIpc) is 2.02. The highest BCUT2D eigenvalue weighted by molar-refractivity contribution is 7.56. The summed E-state index contributed by atoms with van der Waals surface area (Å²) in [5.41, 5.74) is -4.07. The lowest BCUT2D eigenvalue weighted by molar-refractivity contribution is -0.132. The molecule has 0 aliphatic rings.